The molecule has 0 fully saturated rings. The quantitative estimate of drug-likeness (QED) is 0.656. The summed E-state index contributed by atoms with van der Waals surface area (Å²) in [6.07, 6.45) is 0.299. The van der Waals surface area contributed by atoms with Crippen molar-refractivity contribution in [3.63, 3.8) is 0 Å². The Labute approximate surface area is 163 Å². The van der Waals surface area contributed by atoms with Gasteiger partial charge in [0.15, 0.2) is 0 Å². The molecule has 0 spiro atoms. The number of nitrogens with zero attached hydrogens (tertiary/aromatic N) is 2. The van der Waals surface area contributed by atoms with Crippen molar-refractivity contribution in [1.29, 1.82) is 0 Å². The molecule has 1 unspecified atom stereocenters. The molecule has 148 valence electrons. The fourth-order valence-electron chi connectivity index (χ4n) is 2.25. The third-order valence-corrected chi connectivity index (χ3v) is 4.74. The average molecular weight is 396 g/mol. The molecule has 2 aromatic rings. The second-order valence-electron chi connectivity index (χ2n) is 7.33. The molecule has 0 saturated carbocycles. The number of carbonyl (C=O) groups is 1. The van der Waals surface area contributed by atoms with Crippen molar-refractivity contribution in [2.24, 2.45) is 5.92 Å². The van der Waals surface area contributed by atoms with E-state index >= 15 is 0 Å². The zero-order valence-electron chi connectivity index (χ0n) is 16.3. The predicted molar refractivity (Wildman–Crippen MR) is 102 cm³/mol. The van der Waals surface area contributed by atoms with Gasteiger partial charge in [-0.2, -0.15) is 0 Å². The third-order valence-electron chi connectivity index (χ3n) is 3.85. The van der Waals surface area contributed by atoms with Crippen LogP contribution in [-0.4, -0.2) is 21.9 Å². The highest BCUT2D eigenvalue weighted by Crippen LogP contribution is 2.28. The lowest BCUT2D eigenvalue weighted by atomic mass is 9.99. The molecule has 0 saturated heterocycles. The Morgan fingerprint density at radius 2 is 1.96 bits per heavy atom. The Kier molecular flexibility index (Phi) is 7.24. The smallest absolute Gasteiger partial charge is 0.408 e. The van der Waals surface area contributed by atoms with Crippen LogP contribution in [0.25, 0.3) is 0 Å². The maximum atomic E-state index is 13.0. The van der Waals surface area contributed by atoms with Crippen LogP contribution in [0.4, 0.5) is 9.18 Å². The summed E-state index contributed by atoms with van der Waals surface area (Å²) in [6, 6.07) is 5.83. The van der Waals surface area contributed by atoms with Gasteiger partial charge in [0.05, 0.1) is 0 Å². The number of nitrogens with one attached hydrogen (secondary N) is 1. The van der Waals surface area contributed by atoms with Gasteiger partial charge in [-0.3, -0.25) is 0 Å². The molecule has 1 aromatic heterocycles. The first-order valence-electron chi connectivity index (χ1n) is 8.88. The monoisotopic (exact) mass is 395 g/mol. The van der Waals surface area contributed by atoms with Crippen LogP contribution in [0, 0.1) is 11.7 Å². The molecule has 2 rings (SSSR count). The summed E-state index contributed by atoms with van der Waals surface area (Å²) in [6.45, 7) is 9.44. The van der Waals surface area contributed by atoms with E-state index in [-0.39, 0.29) is 11.7 Å². The number of halogens is 1. The summed E-state index contributed by atoms with van der Waals surface area (Å²) in [7, 11) is 0. The maximum Gasteiger partial charge on any atom is 0.408 e. The maximum absolute atomic E-state index is 13.0. The van der Waals surface area contributed by atoms with Gasteiger partial charge in [-0.1, -0.05) is 44.2 Å². The number of hydrogen-bond acceptors (Lipinski definition) is 6. The van der Waals surface area contributed by atoms with E-state index in [2.05, 4.69) is 15.5 Å². The molecule has 1 aromatic carbocycles. The first-order valence-corrected chi connectivity index (χ1v) is 9.86. The molecular formula is C19H26FN3O3S. The first kappa shape index (κ1) is 21.2. The molecule has 0 radical (unpaired) electrons. The van der Waals surface area contributed by atoms with Crippen LogP contribution >= 0.6 is 11.8 Å². The van der Waals surface area contributed by atoms with E-state index in [1.54, 1.807) is 12.1 Å². The lowest BCUT2D eigenvalue weighted by molar-refractivity contribution is 0.0473. The molecule has 0 bridgehead atoms. The number of benzene rings is 1. The minimum atomic E-state index is -0.588. The molecule has 8 heteroatoms. The van der Waals surface area contributed by atoms with Crippen molar-refractivity contribution < 1.29 is 18.3 Å². The summed E-state index contributed by atoms with van der Waals surface area (Å²) >= 11 is 1.36. The number of carbonyl (C=O) groups excluding carboxylic acids is 1. The summed E-state index contributed by atoms with van der Waals surface area (Å²) in [4.78, 5) is 12.1. The molecule has 2 atom stereocenters. The topological polar surface area (TPSA) is 77.2 Å². The number of aromatic nitrogens is 2. The van der Waals surface area contributed by atoms with Crippen molar-refractivity contribution in [1.82, 2.24) is 15.5 Å². The van der Waals surface area contributed by atoms with E-state index in [1.807, 2.05) is 34.6 Å². The van der Waals surface area contributed by atoms with Gasteiger partial charge in [-0.25, -0.2) is 9.18 Å². The van der Waals surface area contributed by atoms with Crippen LogP contribution < -0.4 is 5.32 Å². The van der Waals surface area contributed by atoms with E-state index in [0.29, 0.717) is 16.9 Å². The molecule has 1 N–H and O–H groups in total. The molecule has 27 heavy (non-hydrogen) atoms. The van der Waals surface area contributed by atoms with Crippen LogP contribution in [0.5, 0.6) is 0 Å². The van der Waals surface area contributed by atoms with Gasteiger partial charge in [0.2, 0.25) is 5.89 Å². The summed E-state index contributed by atoms with van der Waals surface area (Å²) < 4.78 is 24.0. The van der Waals surface area contributed by atoms with Gasteiger partial charge < -0.3 is 14.5 Å². The van der Waals surface area contributed by atoms with Crippen molar-refractivity contribution >= 4 is 17.9 Å². The Balaban J connectivity index is 2.04. The number of rotatable bonds is 7. The molecule has 0 aliphatic heterocycles. The lowest BCUT2D eigenvalue weighted by Crippen LogP contribution is -2.37. The fourth-order valence-corrected chi connectivity index (χ4v) is 2.97. The van der Waals surface area contributed by atoms with Crippen LogP contribution in [0.1, 0.15) is 58.5 Å². The van der Waals surface area contributed by atoms with E-state index in [0.717, 1.165) is 12.0 Å². The van der Waals surface area contributed by atoms with E-state index in [1.165, 1.54) is 23.9 Å². The number of ether oxygens (including phenoxy) is 1. The second kappa shape index (κ2) is 9.21. The highest BCUT2D eigenvalue weighted by molar-refractivity contribution is 7.98. The number of amides is 1. The zero-order chi connectivity index (χ0) is 20.0. The van der Waals surface area contributed by atoms with Gasteiger partial charge in [-0.15, -0.1) is 10.2 Å². The molecule has 0 aliphatic rings. The molecular weight excluding hydrogens is 369 g/mol. The Bertz CT molecular complexity index is 743. The minimum Gasteiger partial charge on any atom is -0.444 e. The van der Waals surface area contributed by atoms with Crippen LogP contribution in [0.2, 0.25) is 0 Å². The lowest BCUT2D eigenvalue weighted by Gasteiger charge is -2.24. The largest absolute Gasteiger partial charge is 0.444 e. The van der Waals surface area contributed by atoms with E-state index in [4.69, 9.17) is 9.15 Å². The normalized spacial score (nSPS) is 13.9. The van der Waals surface area contributed by atoms with Crippen LogP contribution in [0.15, 0.2) is 33.9 Å². The molecule has 6 nitrogen and oxygen atoms in total. The SMILES string of the molecule is CCC(C)[C@H](NC(=O)OC(C)(C)C)c1nnc(SCc2ccc(F)cc2)o1. The average Bonchev–Trinajstić information content (AvgIpc) is 3.05. The summed E-state index contributed by atoms with van der Waals surface area (Å²) in [5.41, 5.74) is 0.362. The summed E-state index contributed by atoms with van der Waals surface area (Å²) in [5.74, 6) is 0.744. The minimum absolute atomic E-state index is 0.0907. The van der Waals surface area contributed by atoms with Crippen molar-refractivity contribution in [3.8, 4) is 0 Å². The standard InChI is InChI=1S/C19H26FN3O3S/c1-6-12(2)15(21-17(24)26-19(3,4)5)16-22-23-18(25-16)27-11-13-7-9-14(20)10-8-13/h7-10,12,15H,6,11H2,1-5H3,(H,21,24)/t12?,15-/m0/s1. The van der Waals surface area contributed by atoms with Gasteiger partial charge in [-0.05, 0) is 44.4 Å². The van der Waals surface area contributed by atoms with Crippen molar-refractivity contribution in [2.45, 2.75) is 63.7 Å². The number of alkyl carbamates (subject to hydrolysis) is 1. The molecule has 1 heterocycles. The third kappa shape index (κ3) is 6.86. The van der Waals surface area contributed by atoms with Gasteiger partial charge in [0.1, 0.15) is 17.5 Å². The second-order valence-corrected chi connectivity index (χ2v) is 8.26. The van der Waals surface area contributed by atoms with Crippen molar-refractivity contribution in [2.75, 3.05) is 0 Å². The van der Waals surface area contributed by atoms with Gasteiger partial charge >= 0.3 is 6.09 Å². The first-order chi connectivity index (χ1) is 12.7. The highest BCUT2D eigenvalue weighted by atomic mass is 32.2. The predicted octanol–water partition coefficient (Wildman–Crippen LogP) is 5.11. The van der Waals surface area contributed by atoms with E-state index < -0.39 is 17.7 Å². The Morgan fingerprint density at radius 3 is 2.56 bits per heavy atom. The van der Waals surface area contributed by atoms with Crippen LogP contribution in [-0.2, 0) is 10.5 Å². The van der Waals surface area contributed by atoms with E-state index in [9.17, 15) is 9.18 Å². The van der Waals surface area contributed by atoms with Gasteiger partial charge in [0, 0.05) is 5.75 Å². The highest BCUT2D eigenvalue weighted by Gasteiger charge is 2.28. The van der Waals surface area contributed by atoms with Crippen molar-refractivity contribution in [3.05, 3.63) is 41.5 Å². The Hall–Kier alpha value is -2.09. The molecule has 1 amide bonds. The number of hydrogen-bond donors (Lipinski definition) is 1. The summed E-state index contributed by atoms with van der Waals surface area (Å²) in [5, 5.41) is 11.4. The fraction of sp³-hybridized carbons (Fsp3) is 0.526. The molecule has 0 aliphatic carbocycles. The van der Waals surface area contributed by atoms with Crippen LogP contribution in [0.3, 0.4) is 0 Å². The van der Waals surface area contributed by atoms with Gasteiger partial charge in [0.25, 0.3) is 5.22 Å². The zero-order valence-corrected chi connectivity index (χ0v) is 17.1. The Morgan fingerprint density at radius 1 is 1.30 bits per heavy atom. The number of thioether (sulfide) groups is 1.